The Morgan fingerprint density at radius 1 is 0.810 bits per heavy atom. The summed E-state index contributed by atoms with van der Waals surface area (Å²) in [5, 5.41) is 0. The van der Waals surface area contributed by atoms with E-state index in [4.69, 9.17) is 4.74 Å². The van der Waals surface area contributed by atoms with Gasteiger partial charge in [-0.1, -0.05) is 36.8 Å². The monoisotopic (exact) mass is 281 g/mol. The molecular weight excluding hydrogens is 258 g/mol. The molecule has 0 spiro atoms. The SMILES string of the molecule is CC(c1ccc(Oc2ccccc2)cc1)N1CCCCC1. The molecule has 1 atom stereocenters. The van der Waals surface area contributed by atoms with Crippen molar-refractivity contribution in [2.45, 2.75) is 32.2 Å². The highest BCUT2D eigenvalue weighted by Crippen LogP contribution is 2.27. The van der Waals surface area contributed by atoms with E-state index in [2.05, 4.69) is 36.1 Å². The van der Waals surface area contributed by atoms with E-state index in [9.17, 15) is 0 Å². The van der Waals surface area contributed by atoms with Gasteiger partial charge in [0.15, 0.2) is 0 Å². The van der Waals surface area contributed by atoms with E-state index in [1.54, 1.807) is 0 Å². The Bertz CT molecular complexity index is 544. The topological polar surface area (TPSA) is 12.5 Å². The number of likely N-dealkylation sites (tertiary alicyclic amines) is 1. The first kappa shape index (κ1) is 14.2. The van der Waals surface area contributed by atoms with Gasteiger partial charge in [-0.05, 0) is 62.7 Å². The Balaban J connectivity index is 1.66. The Morgan fingerprint density at radius 3 is 2.10 bits per heavy atom. The zero-order chi connectivity index (χ0) is 14.5. The van der Waals surface area contributed by atoms with Crippen molar-refractivity contribution in [1.82, 2.24) is 4.90 Å². The van der Waals surface area contributed by atoms with Gasteiger partial charge in [-0.3, -0.25) is 4.90 Å². The van der Waals surface area contributed by atoms with Crippen LogP contribution < -0.4 is 4.74 Å². The zero-order valence-corrected chi connectivity index (χ0v) is 12.7. The summed E-state index contributed by atoms with van der Waals surface area (Å²) in [4.78, 5) is 2.58. The predicted molar refractivity (Wildman–Crippen MR) is 86.8 cm³/mol. The molecule has 21 heavy (non-hydrogen) atoms. The summed E-state index contributed by atoms with van der Waals surface area (Å²) in [5.74, 6) is 1.78. The second kappa shape index (κ2) is 6.77. The molecule has 1 aliphatic rings. The van der Waals surface area contributed by atoms with Gasteiger partial charge < -0.3 is 4.74 Å². The Kier molecular flexibility index (Phi) is 4.56. The molecule has 1 heterocycles. The number of nitrogens with zero attached hydrogens (tertiary/aromatic N) is 1. The standard InChI is InChI=1S/C19H23NO/c1-16(20-14-6-3-7-15-20)17-10-12-19(13-11-17)21-18-8-4-2-5-9-18/h2,4-5,8-13,16H,3,6-7,14-15H2,1H3. The highest BCUT2D eigenvalue weighted by molar-refractivity contribution is 5.33. The highest BCUT2D eigenvalue weighted by atomic mass is 16.5. The molecule has 1 aliphatic heterocycles. The molecular formula is C19H23NO. The van der Waals surface area contributed by atoms with Crippen LogP contribution in [0.3, 0.4) is 0 Å². The lowest BCUT2D eigenvalue weighted by atomic mass is 10.0. The van der Waals surface area contributed by atoms with Crippen molar-refractivity contribution in [3.05, 3.63) is 60.2 Å². The summed E-state index contributed by atoms with van der Waals surface area (Å²) in [6.45, 7) is 4.76. The van der Waals surface area contributed by atoms with Gasteiger partial charge in [-0.15, -0.1) is 0 Å². The second-order valence-electron chi connectivity index (χ2n) is 5.76. The molecule has 2 nitrogen and oxygen atoms in total. The smallest absolute Gasteiger partial charge is 0.127 e. The molecule has 2 aromatic rings. The first-order valence-corrected chi connectivity index (χ1v) is 7.90. The van der Waals surface area contributed by atoms with E-state index in [-0.39, 0.29) is 0 Å². The fourth-order valence-corrected chi connectivity index (χ4v) is 2.96. The summed E-state index contributed by atoms with van der Waals surface area (Å²) in [6, 6.07) is 19.0. The lowest BCUT2D eigenvalue weighted by molar-refractivity contribution is 0.175. The van der Waals surface area contributed by atoms with Crippen LogP contribution in [0.1, 0.15) is 37.8 Å². The maximum absolute atomic E-state index is 5.84. The normalized spacial score (nSPS) is 17.4. The zero-order valence-electron chi connectivity index (χ0n) is 12.7. The van der Waals surface area contributed by atoms with E-state index in [0.29, 0.717) is 6.04 Å². The Hall–Kier alpha value is -1.80. The van der Waals surface area contributed by atoms with Crippen LogP contribution in [0.4, 0.5) is 0 Å². The van der Waals surface area contributed by atoms with E-state index < -0.39 is 0 Å². The fourth-order valence-electron chi connectivity index (χ4n) is 2.96. The van der Waals surface area contributed by atoms with Crippen molar-refractivity contribution < 1.29 is 4.74 Å². The van der Waals surface area contributed by atoms with Crippen LogP contribution in [0.5, 0.6) is 11.5 Å². The van der Waals surface area contributed by atoms with Gasteiger partial charge in [-0.25, -0.2) is 0 Å². The largest absolute Gasteiger partial charge is 0.457 e. The molecule has 0 N–H and O–H groups in total. The molecule has 0 aromatic heterocycles. The van der Waals surface area contributed by atoms with Gasteiger partial charge in [-0.2, -0.15) is 0 Å². The minimum atomic E-state index is 0.496. The Morgan fingerprint density at radius 2 is 1.43 bits per heavy atom. The van der Waals surface area contributed by atoms with Gasteiger partial charge in [0.2, 0.25) is 0 Å². The van der Waals surface area contributed by atoms with Crippen molar-refractivity contribution in [2.24, 2.45) is 0 Å². The minimum Gasteiger partial charge on any atom is -0.457 e. The van der Waals surface area contributed by atoms with Gasteiger partial charge in [0.25, 0.3) is 0 Å². The lowest BCUT2D eigenvalue weighted by Gasteiger charge is -2.32. The molecule has 2 heteroatoms. The first-order valence-electron chi connectivity index (χ1n) is 7.90. The molecule has 1 unspecified atom stereocenters. The first-order chi connectivity index (χ1) is 10.3. The highest BCUT2D eigenvalue weighted by Gasteiger charge is 2.17. The van der Waals surface area contributed by atoms with Gasteiger partial charge in [0, 0.05) is 6.04 Å². The Labute approximate surface area is 127 Å². The van der Waals surface area contributed by atoms with E-state index in [1.807, 2.05) is 30.3 Å². The molecule has 0 aliphatic carbocycles. The van der Waals surface area contributed by atoms with Crippen LogP contribution in [-0.2, 0) is 0 Å². The van der Waals surface area contributed by atoms with Gasteiger partial charge in [0.1, 0.15) is 11.5 Å². The van der Waals surface area contributed by atoms with Crippen molar-refractivity contribution in [1.29, 1.82) is 0 Å². The van der Waals surface area contributed by atoms with Crippen LogP contribution in [0.2, 0.25) is 0 Å². The molecule has 0 amide bonds. The van der Waals surface area contributed by atoms with Crippen molar-refractivity contribution in [3.63, 3.8) is 0 Å². The fraction of sp³-hybridized carbons (Fsp3) is 0.368. The summed E-state index contributed by atoms with van der Waals surface area (Å²) < 4.78 is 5.84. The van der Waals surface area contributed by atoms with E-state index >= 15 is 0 Å². The molecule has 110 valence electrons. The van der Waals surface area contributed by atoms with Crippen LogP contribution in [0.25, 0.3) is 0 Å². The maximum atomic E-state index is 5.84. The molecule has 3 rings (SSSR count). The molecule has 0 radical (unpaired) electrons. The summed E-state index contributed by atoms with van der Waals surface area (Å²) in [6.07, 6.45) is 4.05. The van der Waals surface area contributed by atoms with Crippen molar-refractivity contribution in [3.8, 4) is 11.5 Å². The number of piperidine rings is 1. The maximum Gasteiger partial charge on any atom is 0.127 e. The summed E-state index contributed by atoms with van der Waals surface area (Å²) in [5.41, 5.74) is 1.37. The average Bonchev–Trinajstić information content (AvgIpc) is 2.57. The molecule has 1 fully saturated rings. The number of ether oxygens (including phenoxy) is 1. The average molecular weight is 281 g/mol. The summed E-state index contributed by atoms with van der Waals surface area (Å²) in [7, 11) is 0. The van der Waals surface area contributed by atoms with E-state index in [1.165, 1.54) is 37.9 Å². The van der Waals surface area contributed by atoms with Gasteiger partial charge in [0.05, 0.1) is 0 Å². The number of hydrogen-bond acceptors (Lipinski definition) is 2. The number of benzene rings is 2. The number of rotatable bonds is 4. The molecule has 2 aromatic carbocycles. The van der Waals surface area contributed by atoms with E-state index in [0.717, 1.165) is 11.5 Å². The third-order valence-electron chi connectivity index (χ3n) is 4.28. The van der Waals surface area contributed by atoms with Crippen LogP contribution in [0.15, 0.2) is 54.6 Å². The van der Waals surface area contributed by atoms with Crippen LogP contribution in [-0.4, -0.2) is 18.0 Å². The predicted octanol–water partition coefficient (Wildman–Crippen LogP) is 5.03. The molecule has 0 saturated carbocycles. The minimum absolute atomic E-state index is 0.496. The third kappa shape index (κ3) is 3.64. The third-order valence-corrected chi connectivity index (χ3v) is 4.28. The van der Waals surface area contributed by atoms with Crippen LogP contribution in [0, 0.1) is 0 Å². The quantitative estimate of drug-likeness (QED) is 0.779. The lowest BCUT2D eigenvalue weighted by Crippen LogP contribution is -2.32. The van der Waals surface area contributed by atoms with Crippen molar-refractivity contribution >= 4 is 0 Å². The molecule has 1 saturated heterocycles. The summed E-state index contributed by atoms with van der Waals surface area (Å²) >= 11 is 0. The van der Waals surface area contributed by atoms with Crippen molar-refractivity contribution in [2.75, 3.05) is 13.1 Å². The number of para-hydroxylation sites is 1. The van der Waals surface area contributed by atoms with Gasteiger partial charge >= 0.3 is 0 Å². The number of hydrogen-bond donors (Lipinski definition) is 0. The molecule has 0 bridgehead atoms. The van der Waals surface area contributed by atoms with Crippen LogP contribution >= 0.6 is 0 Å². The second-order valence-corrected chi connectivity index (χ2v) is 5.76.